The number of amides is 1. The molecule has 0 aliphatic heterocycles. The van der Waals surface area contributed by atoms with Gasteiger partial charge in [-0.2, -0.15) is 0 Å². The fourth-order valence-electron chi connectivity index (χ4n) is 1.57. The molecule has 0 spiro atoms. The van der Waals surface area contributed by atoms with E-state index in [1.807, 2.05) is 0 Å². The van der Waals surface area contributed by atoms with Gasteiger partial charge in [0.25, 0.3) is 11.6 Å². The highest BCUT2D eigenvalue weighted by Crippen LogP contribution is 2.17. The summed E-state index contributed by atoms with van der Waals surface area (Å²) in [4.78, 5) is 22.2. The van der Waals surface area contributed by atoms with Crippen molar-refractivity contribution in [2.75, 3.05) is 5.32 Å². The van der Waals surface area contributed by atoms with Crippen molar-refractivity contribution < 1.29 is 9.72 Å². The second-order valence-electron chi connectivity index (χ2n) is 4.01. The summed E-state index contributed by atoms with van der Waals surface area (Å²) in [7, 11) is 0. The molecule has 1 aromatic heterocycles. The smallest absolute Gasteiger partial charge is 0.270 e. The fraction of sp³-hybridized carbons (Fsp3) is 0.0833. The van der Waals surface area contributed by atoms with E-state index >= 15 is 0 Å². The zero-order valence-electron chi connectivity index (χ0n) is 10.3. The van der Waals surface area contributed by atoms with Crippen LogP contribution in [0.2, 0.25) is 5.15 Å². The maximum absolute atomic E-state index is 12.0. The third-order valence-corrected chi connectivity index (χ3v) is 2.61. The third kappa shape index (κ3) is 3.27. The van der Waals surface area contributed by atoms with Gasteiger partial charge in [-0.15, -0.1) is 10.2 Å². The minimum Gasteiger partial charge on any atom is -0.305 e. The summed E-state index contributed by atoms with van der Waals surface area (Å²) in [5, 5.41) is 20.7. The average Bonchev–Trinajstić information content (AvgIpc) is 2.40. The number of nitro groups is 1. The van der Waals surface area contributed by atoms with Crippen LogP contribution in [0.3, 0.4) is 0 Å². The number of non-ortho nitro benzene ring substituents is 1. The minimum absolute atomic E-state index is 0.141. The molecule has 0 aliphatic rings. The first-order valence-electron chi connectivity index (χ1n) is 5.52. The molecule has 7 nitrogen and oxygen atoms in total. The Morgan fingerprint density at radius 1 is 1.30 bits per heavy atom. The van der Waals surface area contributed by atoms with Crippen LogP contribution in [0.1, 0.15) is 15.9 Å². The van der Waals surface area contributed by atoms with E-state index < -0.39 is 10.8 Å². The minimum atomic E-state index is -0.550. The molecule has 20 heavy (non-hydrogen) atoms. The topological polar surface area (TPSA) is 98.0 Å². The maximum atomic E-state index is 12.0. The van der Waals surface area contributed by atoms with Gasteiger partial charge in [-0.1, -0.05) is 11.6 Å². The summed E-state index contributed by atoms with van der Waals surface area (Å²) >= 11 is 5.58. The van der Waals surface area contributed by atoms with Crippen molar-refractivity contribution >= 4 is 29.0 Å². The zero-order valence-corrected chi connectivity index (χ0v) is 11.1. The molecule has 2 aromatic rings. The molecule has 102 valence electrons. The van der Waals surface area contributed by atoms with Gasteiger partial charge in [0.1, 0.15) is 0 Å². The van der Waals surface area contributed by atoms with E-state index in [1.165, 1.54) is 24.3 Å². The highest BCUT2D eigenvalue weighted by atomic mass is 35.5. The van der Waals surface area contributed by atoms with Crippen LogP contribution in [0, 0.1) is 17.0 Å². The summed E-state index contributed by atoms with van der Waals surface area (Å²) in [6.45, 7) is 1.67. The lowest BCUT2D eigenvalue weighted by atomic mass is 10.1. The van der Waals surface area contributed by atoms with E-state index in [1.54, 1.807) is 13.0 Å². The number of nitrogens with one attached hydrogen (secondary N) is 1. The van der Waals surface area contributed by atoms with Gasteiger partial charge in [-0.3, -0.25) is 14.9 Å². The molecule has 0 aliphatic carbocycles. The molecule has 0 saturated carbocycles. The van der Waals surface area contributed by atoms with Gasteiger partial charge in [-0.05, 0) is 30.7 Å². The maximum Gasteiger partial charge on any atom is 0.270 e. The first-order chi connectivity index (χ1) is 9.45. The van der Waals surface area contributed by atoms with E-state index in [-0.39, 0.29) is 22.2 Å². The molecule has 1 aromatic carbocycles. The molecular weight excluding hydrogens is 284 g/mol. The Morgan fingerprint density at radius 2 is 2.05 bits per heavy atom. The zero-order chi connectivity index (χ0) is 14.7. The number of hydrogen-bond donors (Lipinski definition) is 1. The highest BCUT2D eigenvalue weighted by Gasteiger charge is 2.14. The van der Waals surface area contributed by atoms with Crippen molar-refractivity contribution in [1.82, 2.24) is 10.2 Å². The Morgan fingerprint density at radius 3 is 2.65 bits per heavy atom. The highest BCUT2D eigenvalue weighted by molar-refractivity contribution is 6.29. The molecule has 0 radical (unpaired) electrons. The SMILES string of the molecule is Cc1cc(C(=O)Nc2ccc(Cl)nn2)cc([N+](=O)[O-])c1. The predicted molar refractivity (Wildman–Crippen MR) is 72.8 cm³/mol. The van der Waals surface area contributed by atoms with Crippen LogP contribution in [-0.2, 0) is 0 Å². The molecule has 2 rings (SSSR count). The molecule has 0 unspecified atom stereocenters. The van der Waals surface area contributed by atoms with Crippen molar-refractivity contribution in [3.63, 3.8) is 0 Å². The van der Waals surface area contributed by atoms with Crippen LogP contribution >= 0.6 is 11.6 Å². The number of benzene rings is 1. The number of aryl methyl sites for hydroxylation is 1. The Bertz CT molecular complexity index is 673. The number of halogens is 1. The molecule has 1 N–H and O–H groups in total. The van der Waals surface area contributed by atoms with E-state index in [0.29, 0.717) is 5.56 Å². The van der Waals surface area contributed by atoms with Crippen LogP contribution in [0.4, 0.5) is 11.5 Å². The van der Waals surface area contributed by atoms with Gasteiger partial charge in [0.2, 0.25) is 0 Å². The summed E-state index contributed by atoms with van der Waals surface area (Å²) in [5.41, 5.74) is 0.650. The van der Waals surface area contributed by atoms with E-state index in [0.717, 1.165) is 0 Å². The molecular formula is C12H9ClN4O3. The number of hydrogen-bond acceptors (Lipinski definition) is 5. The van der Waals surface area contributed by atoms with Crippen molar-refractivity contribution in [2.24, 2.45) is 0 Å². The molecule has 0 atom stereocenters. The van der Waals surface area contributed by atoms with Crippen molar-refractivity contribution in [3.8, 4) is 0 Å². The molecule has 0 saturated heterocycles. The Hall–Kier alpha value is -2.54. The molecule has 0 fully saturated rings. The van der Waals surface area contributed by atoms with Crippen LogP contribution in [0.15, 0.2) is 30.3 Å². The van der Waals surface area contributed by atoms with Gasteiger partial charge in [0.05, 0.1) is 4.92 Å². The Kier molecular flexibility index (Phi) is 3.90. The predicted octanol–water partition coefficient (Wildman–Crippen LogP) is 2.60. The Labute approximate surface area is 118 Å². The van der Waals surface area contributed by atoms with E-state index in [9.17, 15) is 14.9 Å². The molecule has 1 amide bonds. The summed E-state index contributed by atoms with van der Waals surface area (Å²) in [6, 6.07) is 7.09. The second-order valence-corrected chi connectivity index (χ2v) is 4.40. The number of nitrogens with zero attached hydrogens (tertiary/aromatic N) is 3. The lowest BCUT2D eigenvalue weighted by Crippen LogP contribution is -2.13. The number of carbonyl (C=O) groups excluding carboxylic acids is 1. The number of rotatable bonds is 3. The van der Waals surface area contributed by atoms with Crippen molar-refractivity contribution in [2.45, 2.75) is 6.92 Å². The van der Waals surface area contributed by atoms with Gasteiger partial charge in [0.15, 0.2) is 11.0 Å². The number of nitro benzene ring substituents is 1. The summed E-state index contributed by atoms with van der Waals surface area (Å²) in [6.07, 6.45) is 0. The van der Waals surface area contributed by atoms with E-state index in [4.69, 9.17) is 11.6 Å². The van der Waals surface area contributed by atoms with Gasteiger partial charge >= 0.3 is 0 Å². The van der Waals surface area contributed by atoms with Crippen LogP contribution < -0.4 is 5.32 Å². The van der Waals surface area contributed by atoms with Crippen molar-refractivity contribution in [3.05, 3.63) is 56.7 Å². The molecule has 8 heteroatoms. The standard InChI is InChI=1S/C12H9ClN4O3/c1-7-4-8(6-9(5-7)17(19)20)12(18)14-11-3-2-10(13)15-16-11/h2-6H,1H3,(H,14,16,18). The Balaban J connectivity index is 2.25. The first-order valence-corrected chi connectivity index (χ1v) is 5.90. The third-order valence-electron chi connectivity index (χ3n) is 2.41. The summed E-state index contributed by atoms with van der Waals surface area (Å²) in [5.74, 6) is -0.294. The quantitative estimate of drug-likeness (QED) is 0.692. The number of aromatic nitrogens is 2. The largest absolute Gasteiger partial charge is 0.305 e. The fourth-order valence-corrected chi connectivity index (χ4v) is 1.67. The summed E-state index contributed by atoms with van der Waals surface area (Å²) < 4.78 is 0. The second kappa shape index (κ2) is 5.62. The lowest BCUT2D eigenvalue weighted by Gasteiger charge is -2.04. The average molecular weight is 293 g/mol. The van der Waals surface area contributed by atoms with E-state index in [2.05, 4.69) is 15.5 Å². The molecule has 1 heterocycles. The van der Waals surface area contributed by atoms with Crippen molar-refractivity contribution in [1.29, 1.82) is 0 Å². The number of anilines is 1. The monoisotopic (exact) mass is 292 g/mol. The molecule has 0 bridgehead atoms. The van der Waals surface area contributed by atoms with Gasteiger partial charge < -0.3 is 5.32 Å². The first kappa shape index (κ1) is 13.9. The number of carbonyl (C=O) groups is 1. The van der Waals surface area contributed by atoms with Gasteiger partial charge in [-0.25, -0.2) is 0 Å². The van der Waals surface area contributed by atoms with Crippen LogP contribution in [-0.4, -0.2) is 21.0 Å². The normalized spacial score (nSPS) is 10.1. The van der Waals surface area contributed by atoms with Crippen LogP contribution in [0.5, 0.6) is 0 Å². The van der Waals surface area contributed by atoms with Crippen LogP contribution in [0.25, 0.3) is 0 Å². The van der Waals surface area contributed by atoms with Gasteiger partial charge in [0, 0.05) is 17.7 Å². The lowest BCUT2D eigenvalue weighted by molar-refractivity contribution is -0.384.